The van der Waals surface area contributed by atoms with Crippen LogP contribution in [-0.4, -0.2) is 41.4 Å². The monoisotopic (exact) mass is 479 g/mol. The molecule has 0 aromatic carbocycles. The molecule has 2 bridgehead atoms. The van der Waals surface area contributed by atoms with Gasteiger partial charge in [0.25, 0.3) is 5.56 Å². The van der Waals surface area contributed by atoms with Crippen LogP contribution in [0.15, 0.2) is 15.5 Å². The minimum atomic E-state index is -0.272. The van der Waals surface area contributed by atoms with Crippen molar-refractivity contribution in [1.82, 2.24) is 20.4 Å². The van der Waals surface area contributed by atoms with Crippen molar-refractivity contribution in [1.29, 1.82) is 0 Å². The summed E-state index contributed by atoms with van der Waals surface area (Å²) < 4.78 is 1.69. The fourth-order valence-corrected chi connectivity index (χ4v) is 6.18. The van der Waals surface area contributed by atoms with Crippen LogP contribution in [0.2, 0.25) is 0 Å². The SMILES string of the molecule is C[C@H]1[C@H](Nc2cnn(CC(=O)NCC3CCNCC3)c(=O)c2Br)C[C@H]2C[C@@H]1C2(C)C. The topological polar surface area (TPSA) is 88.1 Å². The summed E-state index contributed by atoms with van der Waals surface area (Å²) in [6.07, 6.45) is 6.26. The number of halogens is 1. The number of amides is 1. The number of piperidine rings is 1. The Bertz CT molecular complexity index is 848. The molecule has 4 atom stereocenters. The zero-order valence-electron chi connectivity index (χ0n) is 18.2. The first-order chi connectivity index (χ1) is 14.3. The van der Waals surface area contributed by atoms with Gasteiger partial charge in [0, 0.05) is 12.6 Å². The van der Waals surface area contributed by atoms with Crippen LogP contribution in [0.5, 0.6) is 0 Å². The lowest BCUT2D eigenvalue weighted by molar-refractivity contribution is -0.122. The van der Waals surface area contributed by atoms with E-state index in [9.17, 15) is 9.59 Å². The fourth-order valence-electron chi connectivity index (χ4n) is 5.75. The van der Waals surface area contributed by atoms with Gasteiger partial charge < -0.3 is 16.0 Å². The third-order valence-electron chi connectivity index (χ3n) is 8.02. The van der Waals surface area contributed by atoms with E-state index in [1.165, 1.54) is 11.1 Å². The van der Waals surface area contributed by atoms with E-state index in [-0.39, 0.29) is 18.0 Å². The van der Waals surface area contributed by atoms with Crippen LogP contribution >= 0.6 is 15.9 Å². The third kappa shape index (κ3) is 4.17. The molecule has 3 N–H and O–H groups in total. The van der Waals surface area contributed by atoms with E-state index in [0.29, 0.717) is 34.3 Å². The normalized spacial score (nSPS) is 30.4. The highest BCUT2D eigenvalue weighted by Crippen LogP contribution is 2.61. The molecule has 1 aliphatic heterocycles. The summed E-state index contributed by atoms with van der Waals surface area (Å²) in [6.45, 7) is 9.69. The molecule has 2 heterocycles. The summed E-state index contributed by atoms with van der Waals surface area (Å²) >= 11 is 3.44. The quantitative estimate of drug-likeness (QED) is 0.583. The number of nitrogens with zero attached hydrogens (tertiary/aromatic N) is 2. The minimum absolute atomic E-state index is 0.0547. The van der Waals surface area contributed by atoms with Crippen LogP contribution in [0, 0.1) is 29.1 Å². The maximum Gasteiger partial charge on any atom is 0.283 e. The first kappa shape index (κ1) is 21.8. The Kier molecular flexibility index (Phi) is 6.26. The molecule has 3 saturated carbocycles. The summed E-state index contributed by atoms with van der Waals surface area (Å²) in [7, 11) is 0. The van der Waals surface area contributed by atoms with Gasteiger partial charge in [-0.3, -0.25) is 9.59 Å². The first-order valence-corrected chi connectivity index (χ1v) is 12.1. The highest BCUT2D eigenvalue weighted by atomic mass is 79.9. The lowest BCUT2D eigenvalue weighted by atomic mass is 9.45. The Labute approximate surface area is 186 Å². The lowest BCUT2D eigenvalue weighted by Gasteiger charge is -2.62. The van der Waals surface area contributed by atoms with Gasteiger partial charge in [0.05, 0.1) is 11.9 Å². The number of anilines is 1. The maximum atomic E-state index is 12.8. The van der Waals surface area contributed by atoms with E-state index in [1.807, 2.05) is 0 Å². The number of fused-ring (bicyclic) bond motifs is 2. The van der Waals surface area contributed by atoms with Crippen molar-refractivity contribution >= 4 is 27.5 Å². The maximum absolute atomic E-state index is 12.8. The van der Waals surface area contributed by atoms with Gasteiger partial charge in [-0.15, -0.1) is 0 Å². The van der Waals surface area contributed by atoms with Gasteiger partial charge in [-0.05, 0) is 83.8 Å². The van der Waals surface area contributed by atoms with E-state index in [4.69, 9.17) is 0 Å². The minimum Gasteiger partial charge on any atom is -0.380 e. The summed E-state index contributed by atoms with van der Waals surface area (Å²) in [6, 6.07) is 0.350. The summed E-state index contributed by atoms with van der Waals surface area (Å²) in [5.41, 5.74) is 0.881. The van der Waals surface area contributed by atoms with E-state index >= 15 is 0 Å². The van der Waals surface area contributed by atoms with Gasteiger partial charge in [0.15, 0.2) is 0 Å². The van der Waals surface area contributed by atoms with Crippen molar-refractivity contribution in [3.05, 3.63) is 21.0 Å². The molecule has 1 amide bonds. The van der Waals surface area contributed by atoms with E-state index in [1.54, 1.807) is 6.20 Å². The van der Waals surface area contributed by atoms with E-state index in [2.05, 4.69) is 57.8 Å². The Hall–Kier alpha value is -1.41. The molecule has 30 heavy (non-hydrogen) atoms. The van der Waals surface area contributed by atoms with Crippen LogP contribution in [0.4, 0.5) is 5.69 Å². The highest BCUT2D eigenvalue weighted by Gasteiger charge is 2.56. The van der Waals surface area contributed by atoms with Crippen LogP contribution in [0.25, 0.3) is 0 Å². The number of carbonyl (C=O) groups is 1. The van der Waals surface area contributed by atoms with Gasteiger partial charge in [-0.25, -0.2) is 4.68 Å². The van der Waals surface area contributed by atoms with Crippen molar-refractivity contribution in [2.45, 2.75) is 59.0 Å². The van der Waals surface area contributed by atoms with E-state index < -0.39 is 0 Å². The van der Waals surface area contributed by atoms with Crippen molar-refractivity contribution < 1.29 is 4.79 Å². The Morgan fingerprint density at radius 3 is 2.73 bits per heavy atom. The van der Waals surface area contributed by atoms with Crippen molar-refractivity contribution in [3.8, 4) is 0 Å². The summed E-state index contributed by atoms with van der Waals surface area (Å²) in [5, 5.41) is 14.1. The Morgan fingerprint density at radius 1 is 1.33 bits per heavy atom. The van der Waals surface area contributed by atoms with Gasteiger partial charge in [-0.2, -0.15) is 5.10 Å². The fraction of sp³-hybridized carbons (Fsp3) is 0.773. The molecule has 4 aliphatic rings. The number of rotatable bonds is 6. The standard InChI is InChI=1S/C22H34BrN5O2/c1-13-16-8-15(22(16,2)3)9-17(13)27-18-11-26-28(21(30)20(18)23)12-19(29)25-10-14-4-6-24-7-5-14/h11,13-17,24,27H,4-10,12H2,1-3H3,(H,25,29)/t13-,15-,16+,17-/m1/s1. The summed E-state index contributed by atoms with van der Waals surface area (Å²) in [5.74, 6) is 2.36. The van der Waals surface area contributed by atoms with Crippen LogP contribution in [0.1, 0.15) is 46.5 Å². The smallest absolute Gasteiger partial charge is 0.283 e. The average molecular weight is 480 g/mol. The molecule has 1 aromatic heterocycles. The zero-order chi connectivity index (χ0) is 21.5. The van der Waals surface area contributed by atoms with E-state index in [0.717, 1.165) is 49.9 Å². The van der Waals surface area contributed by atoms with Crippen LogP contribution < -0.4 is 21.5 Å². The first-order valence-electron chi connectivity index (χ1n) is 11.3. The molecule has 0 unspecified atom stereocenters. The van der Waals surface area contributed by atoms with Crippen molar-refractivity contribution in [2.24, 2.45) is 29.1 Å². The predicted molar refractivity (Wildman–Crippen MR) is 121 cm³/mol. The second-order valence-electron chi connectivity index (χ2n) is 10.0. The van der Waals surface area contributed by atoms with Crippen LogP contribution in [-0.2, 0) is 11.3 Å². The average Bonchev–Trinajstić information content (AvgIpc) is 2.73. The molecule has 4 fully saturated rings. The molecule has 0 radical (unpaired) electrons. The highest BCUT2D eigenvalue weighted by molar-refractivity contribution is 9.10. The van der Waals surface area contributed by atoms with Gasteiger partial charge in [0.1, 0.15) is 11.0 Å². The number of carbonyl (C=O) groups excluding carboxylic acids is 1. The van der Waals surface area contributed by atoms with Gasteiger partial charge >= 0.3 is 0 Å². The third-order valence-corrected chi connectivity index (χ3v) is 8.79. The van der Waals surface area contributed by atoms with Crippen molar-refractivity contribution in [3.63, 3.8) is 0 Å². The molecule has 7 nitrogen and oxygen atoms in total. The number of hydrogen-bond acceptors (Lipinski definition) is 5. The Balaban J connectivity index is 1.35. The molecule has 0 spiro atoms. The van der Waals surface area contributed by atoms with Crippen molar-refractivity contribution in [2.75, 3.05) is 25.0 Å². The second kappa shape index (κ2) is 8.61. The molecule has 8 heteroatoms. The van der Waals surface area contributed by atoms with Crippen LogP contribution in [0.3, 0.4) is 0 Å². The zero-order valence-corrected chi connectivity index (χ0v) is 19.8. The van der Waals surface area contributed by atoms with Gasteiger partial charge in [-0.1, -0.05) is 20.8 Å². The Morgan fingerprint density at radius 2 is 2.07 bits per heavy atom. The molecule has 166 valence electrons. The molecule has 1 aromatic rings. The summed E-state index contributed by atoms with van der Waals surface area (Å²) in [4.78, 5) is 25.1. The molecular weight excluding hydrogens is 446 g/mol. The molecular formula is C22H34BrN5O2. The largest absolute Gasteiger partial charge is 0.380 e. The molecule has 5 rings (SSSR count). The predicted octanol–water partition coefficient (Wildman–Crippen LogP) is 2.60. The molecule has 1 saturated heterocycles. The second-order valence-corrected chi connectivity index (χ2v) is 10.8. The number of nitrogens with one attached hydrogen (secondary N) is 3. The number of hydrogen-bond donors (Lipinski definition) is 3. The lowest BCUT2D eigenvalue weighted by Crippen LogP contribution is -2.58. The molecule has 3 aliphatic carbocycles. The van der Waals surface area contributed by atoms with Gasteiger partial charge in [0.2, 0.25) is 5.91 Å². The number of aromatic nitrogens is 2.